The van der Waals surface area contributed by atoms with Crippen LogP contribution in [0.25, 0.3) is 0 Å². The monoisotopic (exact) mass is 600 g/mol. The van der Waals surface area contributed by atoms with Gasteiger partial charge in [-0.1, -0.05) is 32.4 Å². The average molecular weight is 601 g/mol. The van der Waals surface area contributed by atoms with Crippen molar-refractivity contribution in [3.8, 4) is 0 Å². The van der Waals surface area contributed by atoms with Gasteiger partial charge in [0, 0.05) is 59.0 Å². The molecule has 0 aromatic rings. The van der Waals surface area contributed by atoms with Gasteiger partial charge in [-0.25, -0.2) is 9.59 Å². The summed E-state index contributed by atoms with van der Waals surface area (Å²) in [5, 5.41) is 23.4. The molecular formula is C33H44O10. The average Bonchev–Trinajstić information content (AvgIpc) is 3.60. The SMILES string of the molecule is C/C=C(\C)C(=O)O[C@@H]1[C@@H]2OC[C@]3(C)[C@H](OC(C)=O)C[C@H](O)[C@@](C)([C@@H]23)[C@H]2C[C@H](O)O[C@H]3C[C@H](C4=CCOC4=O)C(C)=C3[C@]12C. The fraction of sp³-hybridized carbons (Fsp3) is 0.727. The predicted molar refractivity (Wildman–Crippen MR) is 152 cm³/mol. The highest BCUT2D eigenvalue weighted by Gasteiger charge is 2.77. The van der Waals surface area contributed by atoms with E-state index in [4.69, 9.17) is 23.7 Å². The Morgan fingerprint density at radius 1 is 1.09 bits per heavy atom. The minimum Gasteiger partial charge on any atom is -0.462 e. The molecule has 0 bridgehead atoms. The Bertz CT molecular complexity index is 1330. The zero-order valence-corrected chi connectivity index (χ0v) is 26.0. The van der Waals surface area contributed by atoms with Crippen molar-refractivity contribution in [2.45, 2.75) is 105 Å². The third-order valence-electron chi connectivity index (χ3n) is 12.0. The van der Waals surface area contributed by atoms with Crippen molar-refractivity contribution >= 4 is 17.9 Å². The summed E-state index contributed by atoms with van der Waals surface area (Å²) in [6.45, 7) is 13.4. The van der Waals surface area contributed by atoms with Gasteiger partial charge in [-0.15, -0.1) is 0 Å². The molecule has 0 aromatic heterocycles. The van der Waals surface area contributed by atoms with Crippen molar-refractivity contribution in [1.82, 2.24) is 0 Å². The van der Waals surface area contributed by atoms with Crippen LogP contribution in [0.3, 0.4) is 0 Å². The van der Waals surface area contributed by atoms with E-state index in [-0.39, 0.29) is 43.9 Å². The van der Waals surface area contributed by atoms with Crippen molar-refractivity contribution in [2.75, 3.05) is 13.2 Å². The Morgan fingerprint density at radius 2 is 1.81 bits per heavy atom. The van der Waals surface area contributed by atoms with E-state index in [2.05, 4.69) is 0 Å². The number of aliphatic hydroxyl groups is 2. The second kappa shape index (κ2) is 10.3. The van der Waals surface area contributed by atoms with E-state index in [1.807, 2.05) is 27.7 Å². The molecule has 0 radical (unpaired) electrons. The Kier molecular flexibility index (Phi) is 7.27. The molecular weight excluding hydrogens is 556 g/mol. The zero-order chi connectivity index (χ0) is 31.2. The smallest absolute Gasteiger partial charge is 0.334 e. The minimum atomic E-state index is -1.16. The number of hydrogen-bond donors (Lipinski definition) is 2. The number of carbonyl (C=O) groups is 3. The molecule has 6 rings (SSSR count). The second-order valence-electron chi connectivity index (χ2n) is 14.1. The summed E-state index contributed by atoms with van der Waals surface area (Å²) >= 11 is 0. The molecule has 12 atom stereocenters. The molecule has 10 heteroatoms. The van der Waals surface area contributed by atoms with Crippen LogP contribution in [0.15, 0.2) is 34.4 Å². The Labute approximate surface area is 252 Å². The van der Waals surface area contributed by atoms with Crippen LogP contribution >= 0.6 is 0 Å². The molecule has 3 aliphatic heterocycles. The van der Waals surface area contributed by atoms with Gasteiger partial charge in [0.1, 0.15) is 18.8 Å². The molecule has 0 aromatic carbocycles. The number of hydrogen-bond acceptors (Lipinski definition) is 10. The van der Waals surface area contributed by atoms with Crippen molar-refractivity contribution in [2.24, 2.45) is 34.0 Å². The summed E-state index contributed by atoms with van der Waals surface area (Å²) < 4.78 is 30.5. The summed E-state index contributed by atoms with van der Waals surface area (Å²) in [6, 6.07) is 0. The minimum absolute atomic E-state index is 0.195. The van der Waals surface area contributed by atoms with E-state index in [1.54, 1.807) is 26.0 Å². The first-order chi connectivity index (χ1) is 20.2. The van der Waals surface area contributed by atoms with Gasteiger partial charge in [0.05, 0.1) is 24.9 Å². The number of allylic oxidation sites excluding steroid dienone is 2. The quantitative estimate of drug-likeness (QED) is 0.214. The number of carbonyl (C=O) groups excluding carboxylic acids is 3. The molecule has 0 unspecified atom stereocenters. The standard InChI is InChI=1S/C33H44O10/c1-8-15(2)29(37)43-28-26-27-31(5,14-40-26)23(41-17(4)34)13-22(35)32(27,6)21-12-24(36)42-20-11-19(18-9-10-39-30(18)38)16(3)25(20)33(21,28)7/h8-9,19-24,26-28,35-36H,10-14H2,1-7H3/b15-8+/t19-,20-,21+,22-,23+,24+,26+,27-,28+,31+,32-,33+/m0/s1. The molecule has 10 nitrogen and oxygen atoms in total. The molecule has 43 heavy (non-hydrogen) atoms. The normalized spacial score (nSPS) is 47.2. The Hall–Kier alpha value is -2.53. The van der Waals surface area contributed by atoms with Crippen LogP contribution in [0.5, 0.6) is 0 Å². The van der Waals surface area contributed by atoms with E-state index in [9.17, 15) is 24.6 Å². The largest absolute Gasteiger partial charge is 0.462 e. The van der Waals surface area contributed by atoms with Gasteiger partial charge >= 0.3 is 17.9 Å². The lowest BCUT2D eigenvalue weighted by molar-refractivity contribution is -0.258. The first-order valence-electron chi connectivity index (χ1n) is 15.4. The van der Waals surface area contributed by atoms with Gasteiger partial charge in [-0.3, -0.25) is 4.79 Å². The van der Waals surface area contributed by atoms with Crippen LogP contribution in [0.4, 0.5) is 0 Å². The maximum Gasteiger partial charge on any atom is 0.334 e. The van der Waals surface area contributed by atoms with E-state index in [1.165, 1.54) is 6.92 Å². The van der Waals surface area contributed by atoms with Gasteiger partial charge < -0.3 is 33.9 Å². The van der Waals surface area contributed by atoms with E-state index >= 15 is 0 Å². The van der Waals surface area contributed by atoms with Gasteiger partial charge in [0.25, 0.3) is 0 Å². The topological polar surface area (TPSA) is 138 Å². The first kappa shape index (κ1) is 30.5. The highest BCUT2D eigenvalue weighted by Crippen LogP contribution is 2.72. The highest BCUT2D eigenvalue weighted by atomic mass is 16.6. The predicted octanol–water partition coefficient (Wildman–Crippen LogP) is 3.15. The lowest BCUT2D eigenvalue weighted by atomic mass is 9.39. The number of rotatable bonds is 4. The summed E-state index contributed by atoms with van der Waals surface area (Å²) in [6.07, 6.45) is -0.304. The van der Waals surface area contributed by atoms with Crippen molar-refractivity contribution < 1.29 is 48.3 Å². The molecule has 4 fully saturated rings. The van der Waals surface area contributed by atoms with E-state index in [0.717, 1.165) is 11.1 Å². The molecule has 0 amide bonds. The summed E-state index contributed by atoms with van der Waals surface area (Å²) in [4.78, 5) is 38.4. The molecule has 3 aliphatic carbocycles. The molecule has 3 heterocycles. The number of cyclic esters (lactones) is 1. The number of aliphatic hydroxyl groups excluding tert-OH is 2. The molecule has 0 spiro atoms. The summed E-state index contributed by atoms with van der Waals surface area (Å²) in [5.74, 6) is -2.34. The van der Waals surface area contributed by atoms with Crippen LogP contribution in [-0.2, 0) is 38.1 Å². The molecule has 2 saturated carbocycles. The maximum atomic E-state index is 13.5. The van der Waals surface area contributed by atoms with Crippen LogP contribution in [0.2, 0.25) is 0 Å². The van der Waals surface area contributed by atoms with Crippen LogP contribution in [0.1, 0.15) is 67.7 Å². The third kappa shape index (κ3) is 4.16. The van der Waals surface area contributed by atoms with Gasteiger partial charge in [-0.2, -0.15) is 0 Å². The van der Waals surface area contributed by atoms with Crippen molar-refractivity contribution in [1.29, 1.82) is 0 Å². The first-order valence-corrected chi connectivity index (χ1v) is 15.4. The lowest BCUT2D eigenvalue weighted by Gasteiger charge is -2.66. The van der Waals surface area contributed by atoms with Gasteiger partial charge in [0.2, 0.25) is 0 Å². The van der Waals surface area contributed by atoms with Crippen molar-refractivity contribution in [3.05, 3.63) is 34.4 Å². The van der Waals surface area contributed by atoms with Gasteiger partial charge in [-0.05, 0) is 44.8 Å². The highest BCUT2D eigenvalue weighted by molar-refractivity contribution is 5.92. The maximum absolute atomic E-state index is 13.5. The van der Waals surface area contributed by atoms with Crippen molar-refractivity contribution in [3.63, 3.8) is 0 Å². The fourth-order valence-electron chi connectivity index (χ4n) is 10.1. The third-order valence-corrected chi connectivity index (χ3v) is 12.0. The zero-order valence-electron chi connectivity index (χ0n) is 26.0. The number of fused-ring (bicyclic) bond motifs is 4. The van der Waals surface area contributed by atoms with Crippen LogP contribution in [-0.4, -0.2) is 78.1 Å². The van der Waals surface area contributed by atoms with E-state index in [0.29, 0.717) is 17.6 Å². The molecule has 236 valence electrons. The van der Waals surface area contributed by atoms with Crippen LogP contribution in [0, 0.1) is 34.0 Å². The Balaban J connectivity index is 1.57. The second-order valence-corrected chi connectivity index (χ2v) is 14.1. The molecule has 6 aliphatic rings. The molecule has 2 saturated heterocycles. The lowest BCUT2D eigenvalue weighted by Crippen LogP contribution is -2.72. The van der Waals surface area contributed by atoms with Crippen LogP contribution < -0.4 is 0 Å². The number of esters is 3. The Morgan fingerprint density at radius 3 is 2.44 bits per heavy atom. The molecule has 2 N–H and O–H groups in total. The summed E-state index contributed by atoms with van der Waals surface area (Å²) in [7, 11) is 0. The summed E-state index contributed by atoms with van der Waals surface area (Å²) in [5.41, 5.74) is 0.365. The van der Waals surface area contributed by atoms with E-state index < -0.39 is 70.9 Å². The fourth-order valence-corrected chi connectivity index (χ4v) is 10.1. The number of ether oxygens (including phenoxy) is 5. The van der Waals surface area contributed by atoms with Gasteiger partial charge in [0.15, 0.2) is 6.29 Å².